The van der Waals surface area contributed by atoms with E-state index in [9.17, 15) is 4.79 Å². The molecule has 2 heterocycles. The number of anilines is 1. The van der Waals surface area contributed by atoms with Gasteiger partial charge in [0, 0.05) is 59.9 Å². The van der Waals surface area contributed by atoms with Crippen LogP contribution >= 0.6 is 0 Å². The third-order valence-electron chi connectivity index (χ3n) is 6.66. The molecule has 1 saturated heterocycles. The molecule has 28 heavy (non-hydrogen) atoms. The van der Waals surface area contributed by atoms with Crippen molar-refractivity contribution in [1.82, 2.24) is 4.90 Å². The number of carbonyl (C=O) groups excluding carboxylic acids is 1. The maximum Gasteiger partial charge on any atom is 0.182 e. The van der Waals surface area contributed by atoms with E-state index in [2.05, 4.69) is 88.0 Å². The van der Waals surface area contributed by atoms with Gasteiger partial charge in [-0.2, -0.15) is 0 Å². The first-order valence-electron chi connectivity index (χ1n) is 10.1. The number of benzene rings is 1. The molecule has 0 aromatic heterocycles. The Morgan fingerprint density at radius 3 is 2.14 bits per heavy atom. The molecule has 2 aliphatic heterocycles. The van der Waals surface area contributed by atoms with Gasteiger partial charge in [0.05, 0.1) is 0 Å². The second-order valence-electron chi connectivity index (χ2n) is 9.13. The van der Waals surface area contributed by atoms with Crippen LogP contribution in [0.5, 0.6) is 0 Å². The molecule has 0 bridgehead atoms. The standard InChI is InChI=1S/C25H30N2O/c1-24(2)18-11-7-9-13-20(18)26(5)22(24)15-17(28)16-23-25(3,4)19-12-8-10-14-21(19)27(23)6/h7,9,11-16H,8,10H2,1-6H3/b22-15+,23-16+. The number of para-hydroxylation sites is 1. The number of allylic oxidation sites excluding steroid dienone is 7. The molecular weight excluding hydrogens is 344 g/mol. The Morgan fingerprint density at radius 1 is 0.893 bits per heavy atom. The summed E-state index contributed by atoms with van der Waals surface area (Å²) < 4.78 is 0. The molecule has 1 aromatic rings. The molecule has 0 saturated carbocycles. The van der Waals surface area contributed by atoms with Crippen molar-refractivity contribution >= 4 is 11.5 Å². The fourth-order valence-corrected chi connectivity index (χ4v) is 5.09. The normalized spacial score (nSPS) is 24.9. The Kier molecular flexibility index (Phi) is 4.18. The quantitative estimate of drug-likeness (QED) is 0.654. The van der Waals surface area contributed by atoms with E-state index < -0.39 is 0 Å². The SMILES string of the molecule is CN1C2=CCCC=C2C(C)(C)/C1=C\C(=O)/C=C1/N(C)c2ccccc2C1(C)C. The van der Waals surface area contributed by atoms with E-state index in [0.29, 0.717) is 0 Å². The van der Waals surface area contributed by atoms with Crippen molar-refractivity contribution in [1.29, 1.82) is 0 Å². The number of hydrogen-bond donors (Lipinski definition) is 0. The van der Waals surface area contributed by atoms with Gasteiger partial charge in [-0.25, -0.2) is 0 Å². The van der Waals surface area contributed by atoms with Crippen molar-refractivity contribution in [3.63, 3.8) is 0 Å². The molecule has 0 amide bonds. The smallest absolute Gasteiger partial charge is 0.182 e. The zero-order chi connectivity index (χ0) is 20.3. The molecule has 4 rings (SSSR count). The highest BCUT2D eigenvalue weighted by Crippen LogP contribution is 2.51. The first kappa shape index (κ1) is 18.8. The van der Waals surface area contributed by atoms with E-state index in [1.54, 1.807) is 0 Å². The van der Waals surface area contributed by atoms with E-state index in [1.807, 2.05) is 12.2 Å². The Hall–Kier alpha value is -2.55. The van der Waals surface area contributed by atoms with Crippen molar-refractivity contribution in [2.45, 2.75) is 46.0 Å². The predicted octanol–water partition coefficient (Wildman–Crippen LogP) is 5.33. The summed E-state index contributed by atoms with van der Waals surface area (Å²) in [7, 11) is 4.13. The van der Waals surface area contributed by atoms with Crippen LogP contribution in [0, 0.1) is 5.41 Å². The molecule has 0 radical (unpaired) electrons. The minimum atomic E-state index is -0.185. The number of likely N-dealkylation sites (tertiary alicyclic amines) is 1. The minimum Gasteiger partial charge on any atom is -0.347 e. The molecule has 0 unspecified atom stereocenters. The van der Waals surface area contributed by atoms with E-state index >= 15 is 0 Å². The number of hydrogen-bond acceptors (Lipinski definition) is 3. The third-order valence-corrected chi connectivity index (χ3v) is 6.66. The third kappa shape index (κ3) is 2.60. The Labute approximate surface area is 168 Å². The van der Waals surface area contributed by atoms with E-state index in [-0.39, 0.29) is 16.6 Å². The van der Waals surface area contributed by atoms with Crippen LogP contribution in [0.4, 0.5) is 5.69 Å². The first-order chi connectivity index (χ1) is 13.2. The summed E-state index contributed by atoms with van der Waals surface area (Å²) in [6.07, 6.45) is 10.4. The van der Waals surface area contributed by atoms with Crippen molar-refractivity contribution in [3.8, 4) is 0 Å². The van der Waals surface area contributed by atoms with Gasteiger partial charge < -0.3 is 9.80 Å². The number of ketones is 1. The number of rotatable bonds is 2. The lowest BCUT2D eigenvalue weighted by atomic mass is 9.80. The highest BCUT2D eigenvalue weighted by atomic mass is 16.1. The maximum atomic E-state index is 13.1. The monoisotopic (exact) mass is 374 g/mol. The minimum absolute atomic E-state index is 0.0532. The predicted molar refractivity (Wildman–Crippen MR) is 116 cm³/mol. The summed E-state index contributed by atoms with van der Waals surface area (Å²) >= 11 is 0. The molecule has 3 heteroatoms. The molecule has 1 aliphatic carbocycles. The zero-order valence-electron chi connectivity index (χ0n) is 17.8. The molecule has 0 spiro atoms. The Balaban J connectivity index is 1.72. The second-order valence-corrected chi connectivity index (χ2v) is 9.13. The number of carbonyl (C=O) groups is 1. The van der Waals surface area contributed by atoms with E-state index in [4.69, 9.17) is 0 Å². The van der Waals surface area contributed by atoms with Crippen LogP contribution < -0.4 is 4.90 Å². The number of fused-ring (bicyclic) bond motifs is 2. The summed E-state index contributed by atoms with van der Waals surface area (Å²) in [5, 5.41) is 0. The van der Waals surface area contributed by atoms with Crippen molar-refractivity contribution in [3.05, 3.63) is 76.8 Å². The number of nitrogens with zero attached hydrogens (tertiary/aromatic N) is 2. The average molecular weight is 375 g/mol. The largest absolute Gasteiger partial charge is 0.347 e. The first-order valence-corrected chi connectivity index (χ1v) is 10.1. The van der Waals surface area contributed by atoms with Crippen molar-refractivity contribution in [2.24, 2.45) is 5.41 Å². The van der Waals surface area contributed by atoms with Gasteiger partial charge in [0.2, 0.25) is 0 Å². The summed E-state index contributed by atoms with van der Waals surface area (Å²) in [6, 6.07) is 8.41. The van der Waals surface area contributed by atoms with E-state index in [1.165, 1.54) is 22.5 Å². The fourth-order valence-electron chi connectivity index (χ4n) is 5.09. The molecule has 1 aromatic carbocycles. The molecule has 0 N–H and O–H groups in total. The molecular formula is C25H30N2O. The van der Waals surface area contributed by atoms with Gasteiger partial charge in [0.1, 0.15) is 0 Å². The van der Waals surface area contributed by atoms with Crippen molar-refractivity contribution < 1.29 is 4.79 Å². The summed E-state index contributed by atoms with van der Waals surface area (Å²) in [6.45, 7) is 8.82. The molecule has 1 fully saturated rings. The van der Waals surface area contributed by atoms with E-state index in [0.717, 1.165) is 24.2 Å². The highest BCUT2D eigenvalue weighted by Gasteiger charge is 2.42. The van der Waals surface area contributed by atoms with Gasteiger partial charge in [-0.05, 0) is 30.0 Å². The average Bonchev–Trinajstić information content (AvgIpc) is 2.98. The lowest BCUT2D eigenvalue weighted by Gasteiger charge is -2.24. The fraction of sp³-hybridized carbons (Fsp3) is 0.400. The highest BCUT2D eigenvalue weighted by molar-refractivity contribution is 6.01. The molecule has 0 atom stereocenters. The van der Waals surface area contributed by atoms with Crippen LogP contribution in [0.2, 0.25) is 0 Å². The Bertz CT molecular complexity index is 972. The lowest BCUT2D eigenvalue weighted by molar-refractivity contribution is -0.110. The van der Waals surface area contributed by atoms with Crippen LogP contribution in [-0.2, 0) is 10.2 Å². The Morgan fingerprint density at radius 2 is 1.50 bits per heavy atom. The number of likely N-dealkylation sites (N-methyl/N-ethyl adjacent to an activating group) is 2. The summed E-state index contributed by atoms with van der Waals surface area (Å²) in [5.41, 5.74) is 6.84. The van der Waals surface area contributed by atoms with Crippen LogP contribution in [0.25, 0.3) is 0 Å². The van der Waals surface area contributed by atoms with Gasteiger partial charge in [-0.3, -0.25) is 4.79 Å². The second kappa shape index (κ2) is 6.23. The van der Waals surface area contributed by atoms with Crippen LogP contribution in [-0.4, -0.2) is 24.8 Å². The molecule has 146 valence electrons. The van der Waals surface area contributed by atoms with Gasteiger partial charge in [0.25, 0.3) is 0 Å². The van der Waals surface area contributed by atoms with Gasteiger partial charge in [-0.15, -0.1) is 0 Å². The lowest BCUT2D eigenvalue weighted by Crippen LogP contribution is -2.24. The van der Waals surface area contributed by atoms with Crippen LogP contribution in [0.15, 0.2) is 71.2 Å². The van der Waals surface area contributed by atoms with Gasteiger partial charge in [-0.1, -0.05) is 58.0 Å². The maximum absolute atomic E-state index is 13.1. The topological polar surface area (TPSA) is 23.6 Å². The molecule has 3 nitrogen and oxygen atoms in total. The van der Waals surface area contributed by atoms with Gasteiger partial charge >= 0.3 is 0 Å². The van der Waals surface area contributed by atoms with Gasteiger partial charge in [0.15, 0.2) is 5.78 Å². The molecule has 3 aliphatic rings. The van der Waals surface area contributed by atoms with Crippen molar-refractivity contribution in [2.75, 3.05) is 19.0 Å². The summed E-state index contributed by atoms with van der Waals surface area (Å²) in [4.78, 5) is 17.5. The zero-order valence-corrected chi connectivity index (χ0v) is 17.8. The van der Waals surface area contributed by atoms with Crippen LogP contribution in [0.3, 0.4) is 0 Å². The van der Waals surface area contributed by atoms with Crippen LogP contribution in [0.1, 0.15) is 46.1 Å². The summed E-state index contributed by atoms with van der Waals surface area (Å²) in [5.74, 6) is 0.0532.